The summed E-state index contributed by atoms with van der Waals surface area (Å²) in [6.07, 6.45) is 7.40. The lowest BCUT2D eigenvalue weighted by Crippen LogP contribution is -1.92. The summed E-state index contributed by atoms with van der Waals surface area (Å²) < 4.78 is 0. The maximum Gasteiger partial charge on any atom is 0.0702 e. The monoisotopic (exact) mass is 688 g/mol. The molecule has 0 amide bonds. The highest BCUT2D eigenvalue weighted by Crippen LogP contribution is 2.44. The normalized spacial score (nSPS) is 11.3. The average Bonchev–Trinajstić information content (AvgIpc) is 3.26. The van der Waals surface area contributed by atoms with E-state index in [4.69, 9.17) is 19.9 Å². The van der Waals surface area contributed by atoms with E-state index in [0.717, 1.165) is 56.2 Å². The summed E-state index contributed by atoms with van der Waals surface area (Å²) in [7, 11) is 0. The van der Waals surface area contributed by atoms with Crippen LogP contribution in [0.15, 0.2) is 195 Å². The SMILES string of the molecule is c1ccc(-c2cc(-c3ccccn3)cc(-c3cc4c5ccccc5c(-c5cc(-c6ccccn6)cc(-c6ccccn6)c5)cc4c4ccccc34)c2)nc1. The van der Waals surface area contributed by atoms with Crippen molar-refractivity contribution in [2.24, 2.45) is 0 Å². The molecule has 0 aliphatic carbocycles. The number of benzene rings is 6. The zero-order valence-electron chi connectivity index (χ0n) is 29.3. The number of fused-ring (bicyclic) bond motifs is 5. The molecular weight excluding hydrogens is 657 g/mol. The van der Waals surface area contributed by atoms with Crippen molar-refractivity contribution in [3.63, 3.8) is 0 Å². The van der Waals surface area contributed by atoms with Crippen LogP contribution >= 0.6 is 0 Å². The molecule has 54 heavy (non-hydrogen) atoms. The Morgan fingerprint density at radius 3 is 0.796 bits per heavy atom. The Bertz CT molecular complexity index is 2640. The molecule has 0 radical (unpaired) electrons. The van der Waals surface area contributed by atoms with Crippen LogP contribution in [0, 0.1) is 0 Å². The first-order valence-electron chi connectivity index (χ1n) is 18.1. The molecule has 0 N–H and O–H groups in total. The quantitative estimate of drug-likeness (QED) is 0.163. The van der Waals surface area contributed by atoms with Gasteiger partial charge < -0.3 is 0 Å². The fraction of sp³-hybridized carbons (Fsp3) is 0. The smallest absolute Gasteiger partial charge is 0.0702 e. The molecule has 4 nitrogen and oxygen atoms in total. The van der Waals surface area contributed by atoms with Crippen molar-refractivity contribution in [1.82, 2.24) is 19.9 Å². The van der Waals surface area contributed by atoms with Crippen molar-refractivity contribution in [2.75, 3.05) is 0 Å². The van der Waals surface area contributed by atoms with Gasteiger partial charge >= 0.3 is 0 Å². The van der Waals surface area contributed by atoms with Crippen LogP contribution in [0.2, 0.25) is 0 Å². The average molecular weight is 689 g/mol. The van der Waals surface area contributed by atoms with E-state index in [-0.39, 0.29) is 0 Å². The van der Waals surface area contributed by atoms with Crippen molar-refractivity contribution in [1.29, 1.82) is 0 Å². The molecule has 10 rings (SSSR count). The van der Waals surface area contributed by atoms with Crippen LogP contribution < -0.4 is 0 Å². The van der Waals surface area contributed by atoms with E-state index in [2.05, 4.69) is 121 Å². The Morgan fingerprint density at radius 1 is 0.222 bits per heavy atom. The van der Waals surface area contributed by atoms with E-state index in [9.17, 15) is 0 Å². The summed E-state index contributed by atoms with van der Waals surface area (Å²) in [5.41, 5.74) is 12.5. The van der Waals surface area contributed by atoms with Crippen molar-refractivity contribution < 1.29 is 0 Å². The van der Waals surface area contributed by atoms with Gasteiger partial charge in [0, 0.05) is 47.0 Å². The highest BCUT2D eigenvalue weighted by Gasteiger charge is 2.18. The van der Waals surface area contributed by atoms with Gasteiger partial charge in [-0.25, -0.2) is 0 Å². The molecular formula is C50H32N4. The molecule has 0 spiro atoms. The third-order valence-electron chi connectivity index (χ3n) is 10.2. The van der Waals surface area contributed by atoms with Crippen LogP contribution in [-0.4, -0.2) is 19.9 Å². The number of pyridine rings is 4. The summed E-state index contributed by atoms with van der Waals surface area (Å²) in [5.74, 6) is 0. The third-order valence-corrected chi connectivity index (χ3v) is 10.2. The molecule has 0 saturated heterocycles. The van der Waals surface area contributed by atoms with Crippen LogP contribution in [0.1, 0.15) is 0 Å². The number of aromatic nitrogens is 4. The molecule has 0 aliphatic heterocycles. The summed E-state index contributed by atoms with van der Waals surface area (Å²) in [6.45, 7) is 0. The highest BCUT2D eigenvalue weighted by molar-refractivity contribution is 6.24. The number of rotatable bonds is 6. The third kappa shape index (κ3) is 5.67. The van der Waals surface area contributed by atoms with E-state index in [1.54, 1.807) is 0 Å². The van der Waals surface area contributed by atoms with Crippen molar-refractivity contribution >= 4 is 32.3 Å². The predicted octanol–water partition coefficient (Wildman–Crippen LogP) is 12.7. The lowest BCUT2D eigenvalue weighted by Gasteiger charge is -2.18. The van der Waals surface area contributed by atoms with Gasteiger partial charge in [0.2, 0.25) is 0 Å². The van der Waals surface area contributed by atoms with Crippen LogP contribution in [0.5, 0.6) is 0 Å². The molecule has 0 unspecified atom stereocenters. The Labute approximate surface area is 313 Å². The number of hydrogen-bond donors (Lipinski definition) is 0. The minimum atomic E-state index is 0.926. The molecule has 4 heterocycles. The molecule has 0 saturated carbocycles. The molecule has 0 bridgehead atoms. The Hall–Kier alpha value is -7.30. The van der Waals surface area contributed by atoms with E-state index in [1.807, 2.05) is 73.3 Å². The molecule has 4 heteroatoms. The van der Waals surface area contributed by atoms with Crippen molar-refractivity contribution in [3.8, 4) is 67.3 Å². The Kier molecular flexibility index (Phi) is 7.77. The van der Waals surface area contributed by atoms with Crippen LogP contribution in [-0.2, 0) is 0 Å². The Balaban J connectivity index is 1.25. The van der Waals surface area contributed by atoms with Gasteiger partial charge in [-0.05, 0) is 152 Å². The van der Waals surface area contributed by atoms with Gasteiger partial charge in [0.25, 0.3) is 0 Å². The van der Waals surface area contributed by atoms with Crippen LogP contribution in [0.4, 0.5) is 0 Å². The highest BCUT2D eigenvalue weighted by atomic mass is 14.7. The minimum absolute atomic E-state index is 0.926. The zero-order valence-corrected chi connectivity index (χ0v) is 29.3. The molecule has 6 aromatic carbocycles. The summed E-state index contributed by atoms with van der Waals surface area (Å²) in [4.78, 5) is 18.9. The van der Waals surface area contributed by atoms with Gasteiger partial charge in [0.15, 0.2) is 0 Å². The maximum atomic E-state index is 4.73. The largest absolute Gasteiger partial charge is 0.256 e. The second-order valence-electron chi connectivity index (χ2n) is 13.5. The van der Waals surface area contributed by atoms with Gasteiger partial charge in [-0.2, -0.15) is 0 Å². The van der Waals surface area contributed by atoms with Crippen molar-refractivity contribution in [3.05, 3.63) is 195 Å². The predicted molar refractivity (Wildman–Crippen MR) is 223 cm³/mol. The first kappa shape index (κ1) is 31.4. The summed E-state index contributed by atoms with van der Waals surface area (Å²) in [6, 6.07) is 60.0. The molecule has 252 valence electrons. The lowest BCUT2D eigenvalue weighted by atomic mass is 9.86. The molecule has 0 aliphatic rings. The maximum absolute atomic E-state index is 4.73. The molecule has 4 aromatic heterocycles. The van der Waals surface area contributed by atoms with E-state index >= 15 is 0 Å². The topological polar surface area (TPSA) is 51.6 Å². The molecule has 0 fully saturated rings. The van der Waals surface area contributed by atoms with Gasteiger partial charge in [-0.15, -0.1) is 0 Å². The number of nitrogens with zero attached hydrogens (tertiary/aromatic N) is 4. The summed E-state index contributed by atoms with van der Waals surface area (Å²) in [5, 5.41) is 7.18. The molecule has 0 atom stereocenters. The lowest BCUT2D eigenvalue weighted by molar-refractivity contribution is 1.31. The van der Waals surface area contributed by atoms with Gasteiger partial charge in [0.1, 0.15) is 0 Å². The van der Waals surface area contributed by atoms with Gasteiger partial charge in [-0.1, -0.05) is 72.8 Å². The standard InChI is InChI=1S/C50H32N4/c1-3-15-41-39(13-1)43(33-25-35(47-17-5-9-21-51-47)29-36(26-33)48-18-6-10-22-52-48)31-46-42-16-4-2-14-40(42)44(32-45(41)46)34-27-37(49-19-7-11-23-53-49)30-38(28-34)50-20-8-12-24-54-50/h1-32H. The minimum Gasteiger partial charge on any atom is -0.256 e. The fourth-order valence-corrected chi connectivity index (χ4v) is 7.72. The first-order chi connectivity index (χ1) is 26.8. The van der Waals surface area contributed by atoms with Crippen molar-refractivity contribution in [2.45, 2.75) is 0 Å². The van der Waals surface area contributed by atoms with Gasteiger partial charge in [-0.3, -0.25) is 19.9 Å². The van der Waals surface area contributed by atoms with E-state index < -0.39 is 0 Å². The van der Waals surface area contributed by atoms with E-state index in [1.165, 1.54) is 43.4 Å². The van der Waals surface area contributed by atoms with Gasteiger partial charge in [0.05, 0.1) is 22.8 Å². The Morgan fingerprint density at radius 2 is 0.500 bits per heavy atom. The first-order valence-corrected chi connectivity index (χ1v) is 18.1. The summed E-state index contributed by atoms with van der Waals surface area (Å²) >= 11 is 0. The zero-order chi connectivity index (χ0) is 35.8. The molecule has 10 aromatic rings. The fourth-order valence-electron chi connectivity index (χ4n) is 7.72. The number of hydrogen-bond acceptors (Lipinski definition) is 4. The second-order valence-corrected chi connectivity index (χ2v) is 13.5. The van der Waals surface area contributed by atoms with Crippen LogP contribution in [0.25, 0.3) is 99.6 Å². The second kappa shape index (κ2) is 13.4. The van der Waals surface area contributed by atoms with Crippen LogP contribution in [0.3, 0.4) is 0 Å². The van der Waals surface area contributed by atoms with E-state index in [0.29, 0.717) is 0 Å².